The first-order valence-corrected chi connectivity index (χ1v) is 11.0. The van der Waals surface area contributed by atoms with E-state index in [4.69, 9.17) is 9.47 Å². The van der Waals surface area contributed by atoms with Gasteiger partial charge in [0, 0.05) is 41.6 Å². The van der Waals surface area contributed by atoms with Crippen LogP contribution in [0.2, 0.25) is 0 Å². The maximum absolute atomic E-state index is 12.6. The van der Waals surface area contributed by atoms with Gasteiger partial charge in [0.05, 0.1) is 6.61 Å². The minimum absolute atomic E-state index is 0.105. The number of benzene rings is 2. The second-order valence-corrected chi connectivity index (χ2v) is 7.88. The van der Waals surface area contributed by atoms with Crippen LogP contribution in [0.4, 0.5) is 0 Å². The molecule has 0 saturated carbocycles. The number of hydrogen-bond donors (Lipinski definition) is 1. The number of para-hydroxylation sites is 1. The van der Waals surface area contributed by atoms with Crippen LogP contribution in [0.5, 0.6) is 11.5 Å². The summed E-state index contributed by atoms with van der Waals surface area (Å²) in [5.41, 5.74) is 4.32. The minimum Gasteiger partial charge on any atom is -0.491 e. The Bertz CT molecular complexity index is 1210. The molecular formula is C27H27N3O3. The predicted octanol–water partition coefficient (Wildman–Crippen LogP) is 5.02. The standard InChI is InChI=1S/C27H27N3O3/c1-19-15-23(16-20(2)26(19)33-18-21-7-4-11-28-17-21)27(31)30-13-6-14-32-24-10-3-8-22-9-5-12-29-25(22)24/h3-5,7-12,15-17H,6,13-14,18H2,1-2H3,(H,30,31). The first-order valence-electron chi connectivity index (χ1n) is 11.0. The second kappa shape index (κ2) is 10.6. The number of ether oxygens (including phenoxy) is 2. The smallest absolute Gasteiger partial charge is 0.251 e. The van der Waals surface area contributed by atoms with E-state index in [0.717, 1.165) is 39.1 Å². The maximum Gasteiger partial charge on any atom is 0.251 e. The van der Waals surface area contributed by atoms with Crippen LogP contribution in [0.25, 0.3) is 10.9 Å². The fourth-order valence-electron chi connectivity index (χ4n) is 3.70. The lowest BCUT2D eigenvalue weighted by Crippen LogP contribution is -2.25. The van der Waals surface area contributed by atoms with Gasteiger partial charge in [0.2, 0.25) is 0 Å². The molecule has 0 aliphatic rings. The first kappa shape index (κ1) is 22.3. The van der Waals surface area contributed by atoms with Crippen LogP contribution in [-0.2, 0) is 6.61 Å². The maximum atomic E-state index is 12.6. The number of amides is 1. The average Bonchev–Trinajstić information content (AvgIpc) is 2.84. The number of nitrogens with zero attached hydrogens (tertiary/aromatic N) is 2. The highest BCUT2D eigenvalue weighted by Gasteiger charge is 2.12. The van der Waals surface area contributed by atoms with Crippen molar-refractivity contribution in [3.63, 3.8) is 0 Å². The first-order chi connectivity index (χ1) is 16.1. The SMILES string of the molecule is Cc1cc(C(=O)NCCCOc2cccc3cccnc23)cc(C)c1OCc1cccnc1. The van der Waals surface area contributed by atoms with Gasteiger partial charge in [0.15, 0.2) is 0 Å². The van der Waals surface area contributed by atoms with Crippen molar-refractivity contribution in [1.29, 1.82) is 0 Å². The van der Waals surface area contributed by atoms with Crippen molar-refractivity contribution in [3.05, 3.63) is 95.4 Å². The van der Waals surface area contributed by atoms with Gasteiger partial charge in [-0.3, -0.25) is 14.8 Å². The summed E-state index contributed by atoms with van der Waals surface area (Å²) in [4.78, 5) is 21.1. The molecule has 168 valence electrons. The second-order valence-electron chi connectivity index (χ2n) is 7.88. The van der Waals surface area contributed by atoms with E-state index in [1.165, 1.54) is 0 Å². The number of pyridine rings is 2. The molecule has 2 heterocycles. The number of carbonyl (C=O) groups is 1. The zero-order chi connectivity index (χ0) is 23.0. The molecule has 0 spiro atoms. The highest BCUT2D eigenvalue weighted by atomic mass is 16.5. The van der Waals surface area contributed by atoms with Gasteiger partial charge in [0.1, 0.15) is 23.6 Å². The average molecular weight is 442 g/mol. The molecule has 1 N–H and O–H groups in total. The molecule has 0 aliphatic carbocycles. The fraction of sp³-hybridized carbons (Fsp3) is 0.222. The third kappa shape index (κ3) is 5.66. The quantitative estimate of drug-likeness (QED) is 0.369. The summed E-state index contributed by atoms with van der Waals surface area (Å²) in [5, 5.41) is 4.01. The van der Waals surface area contributed by atoms with Crippen LogP contribution < -0.4 is 14.8 Å². The Balaban J connectivity index is 1.27. The molecule has 2 aromatic heterocycles. The molecule has 4 rings (SSSR count). The molecule has 6 heteroatoms. The monoisotopic (exact) mass is 441 g/mol. The molecular weight excluding hydrogens is 414 g/mol. The van der Waals surface area contributed by atoms with E-state index in [2.05, 4.69) is 15.3 Å². The molecule has 4 aromatic rings. The molecule has 0 aliphatic heterocycles. The van der Waals surface area contributed by atoms with E-state index in [1.807, 2.05) is 68.4 Å². The van der Waals surface area contributed by atoms with Crippen LogP contribution in [0.1, 0.15) is 33.5 Å². The van der Waals surface area contributed by atoms with Crippen molar-refractivity contribution in [1.82, 2.24) is 15.3 Å². The topological polar surface area (TPSA) is 73.3 Å². The highest BCUT2D eigenvalue weighted by Crippen LogP contribution is 2.26. The van der Waals surface area contributed by atoms with E-state index in [1.54, 1.807) is 18.6 Å². The van der Waals surface area contributed by atoms with Gasteiger partial charge < -0.3 is 14.8 Å². The van der Waals surface area contributed by atoms with Crippen LogP contribution in [0.3, 0.4) is 0 Å². The Morgan fingerprint density at radius 2 is 1.76 bits per heavy atom. The van der Waals surface area contributed by atoms with Gasteiger partial charge >= 0.3 is 0 Å². The number of aryl methyl sites for hydroxylation is 2. The zero-order valence-corrected chi connectivity index (χ0v) is 18.9. The van der Waals surface area contributed by atoms with E-state index < -0.39 is 0 Å². The number of aromatic nitrogens is 2. The lowest BCUT2D eigenvalue weighted by atomic mass is 10.0. The largest absolute Gasteiger partial charge is 0.491 e. The normalized spacial score (nSPS) is 10.7. The molecule has 0 bridgehead atoms. The van der Waals surface area contributed by atoms with Crippen molar-refractivity contribution in [2.75, 3.05) is 13.2 Å². The summed E-state index contributed by atoms with van der Waals surface area (Å²) in [6, 6.07) is 17.4. The van der Waals surface area contributed by atoms with E-state index in [0.29, 0.717) is 31.7 Å². The minimum atomic E-state index is -0.105. The van der Waals surface area contributed by atoms with E-state index in [-0.39, 0.29) is 5.91 Å². The zero-order valence-electron chi connectivity index (χ0n) is 18.9. The Kier molecular flexibility index (Phi) is 7.15. The van der Waals surface area contributed by atoms with Crippen LogP contribution in [-0.4, -0.2) is 29.0 Å². The number of fused-ring (bicyclic) bond motifs is 1. The van der Waals surface area contributed by atoms with Gasteiger partial charge in [-0.1, -0.05) is 24.3 Å². The summed E-state index contributed by atoms with van der Waals surface area (Å²) in [7, 11) is 0. The molecule has 0 saturated heterocycles. The third-order valence-corrected chi connectivity index (χ3v) is 5.29. The predicted molar refractivity (Wildman–Crippen MR) is 129 cm³/mol. The molecule has 1 amide bonds. The van der Waals surface area contributed by atoms with Crippen molar-refractivity contribution < 1.29 is 14.3 Å². The molecule has 33 heavy (non-hydrogen) atoms. The summed E-state index contributed by atoms with van der Waals surface area (Å²) >= 11 is 0. The molecule has 2 aromatic carbocycles. The van der Waals surface area contributed by atoms with E-state index >= 15 is 0 Å². The summed E-state index contributed by atoms with van der Waals surface area (Å²) in [5.74, 6) is 1.45. The van der Waals surface area contributed by atoms with Gasteiger partial charge in [-0.2, -0.15) is 0 Å². The molecule has 0 fully saturated rings. The fourth-order valence-corrected chi connectivity index (χ4v) is 3.70. The lowest BCUT2D eigenvalue weighted by Gasteiger charge is -2.14. The van der Waals surface area contributed by atoms with Crippen molar-refractivity contribution in [2.45, 2.75) is 26.9 Å². The summed E-state index contributed by atoms with van der Waals surface area (Å²) < 4.78 is 11.9. The van der Waals surface area contributed by atoms with Gasteiger partial charge in [-0.25, -0.2) is 0 Å². The molecule has 0 radical (unpaired) electrons. The number of nitrogens with one attached hydrogen (secondary N) is 1. The van der Waals surface area contributed by atoms with Crippen molar-refractivity contribution in [2.24, 2.45) is 0 Å². The Labute approximate surface area is 193 Å². The van der Waals surface area contributed by atoms with E-state index in [9.17, 15) is 4.79 Å². The number of hydrogen-bond acceptors (Lipinski definition) is 5. The van der Waals surface area contributed by atoms with Gasteiger partial charge in [0.25, 0.3) is 5.91 Å². The lowest BCUT2D eigenvalue weighted by molar-refractivity contribution is 0.0951. The molecule has 0 atom stereocenters. The van der Waals surface area contributed by atoms with Crippen molar-refractivity contribution >= 4 is 16.8 Å². The molecule has 6 nitrogen and oxygen atoms in total. The van der Waals surface area contributed by atoms with Gasteiger partial charge in [-0.15, -0.1) is 0 Å². The number of rotatable bonds is 9. The van der Waals surface area contributed by atoms with Crippen LogP contribution in [0.15, 0.2) is 73.2 Å². The summed E-state index contributed by atoms with van der Waals surface area (Å²) in [6.45, 7) is 5.36. The van der Waals surface area contributed by atoms with Crippen LogP contribution in [0, 0.1) is 13.8 Å². The summed E-state index contributed by atoms with van der Waals surface area (Å²) in [6.07, 6.45) is 5.97. The van der Waals surface area contributed by atoms with Gasteiger partial charge in [-0.05, 0) is 61.7 Å². The Morgan fingerprint density at radius 1 is 0.970 bits per heavy atom. The Hall–Kier alpha value is -3.93. The Morgan fingerprint density at radius 3 is 2.55 bits per heavy atom. The van der Waals surface area contributed by atoms with Crippen molar-refractivity contribution in [3.8, 4) is 11.5 Å². The highest BCUT2D eigenvalue weighted by molar-refractivity contribution is 5.94. The number of carbonyl (C=O) groups excluding carboxylic acids is 1. The molecule has 0 unspecified atom stereocenters. The van der Waals surface area contributed by atoms with Crippen LogP contribution >= 0.6 is 0 Å². The third-order valence-electron chi connectivity index (χ3n) is 5.29.